The number of fused-ring (bicyclic) bond motifs is 5. The van der Waals surface area contributed by atoms with E-state index in [0.29, 0.717) is 6.54 Å². The van der Waals surface area contributed by atoms with Gasteiger partial charge in [-0.15, -0.1) is 0 Å². The predicted octanol–water partition coefficient (Wildman–Crippen LogP) is 2.81. The van der Waals surface area contributed by atoms with Crippen molar-refractivity contribution < 1.29 is 9.53 Å². The largest absolute Gasteiger partial charge is 0.379 e. The minimum atomic E-state index is 0.0119. The minimum absolute atomic E-state index is 0.0119. The average Bonchev–Trinajstić information content (AvgIpc) is 3.34. The Hall–Kier alpha value is -2.64. The Labute approximate surface area is 176 Å². The van der Waals surface area contributed by atoms with Gasteiger partial charge in [-0.05, 0) is 61.9 Å². The van der Waals surface area contributed by atoms with Gasteiger partial charge in [-0.1, -0.05) is 6.07 Å². The molecule has 30 heavy (non-hydrogen) atoms. The van der Waals surface area contributed by atoms with Crippen LogP contribution in [0.15, 0.2) is 18.3 Å². The molecule has 0 spiro atoms. The van der Waals surface area contributed by atoms with Crippen molar-refractivity contribution >= 4 is 16.8 Å². The van der Waals surface area contributed by atoms with Crippen LogP contribution in [0.4, 0.5) is 0 Å². The number of morpholine rings is 1. The van der Waals surface area contributed by atoms with E-state index in [9.17, 15) is 4.79 Å². The molecule has 158 valence electrons. The molecule has 2 aromatic heterocycles. The zero-order valence-corrected chi connectivity index (χ0v) is 17.5. The first-order valence-electron chi connectivity index (χ1n) is 11.0. The summed E-state index contributed by atoms with van der Waals surface area (Å²) in [4.78, 5) is 19.1. The number of hydrogen-bond acceptors (Lipinski definition) is 4. The van der Waals surface area contributed by atoms with Crippen LogP contribution in [-0.2, 0) is 17.6 Å². The van der Waals surface area contributed by atoms with Gasteiger partial charge in [-0.25, -0.2) is 0 Å². The van der Waals surface area contributed by atoms with E-state index < -0.39 is 0 Å². The van der Waals surface area contributed by atoms with Crippen LogP contribution in [0.5, 0.6) is 0 Å². The van der Waals surface area contributed by atoms with Crippen molar-refractivity contribution in [2.45, 2.75) is 32.6 Å². The molecule has 5 rings (SSSR count). The Bertz CT molecular complexity index is 1060. The van der Waals surface area contributed by atoms with Crippen molar-refractivity contribution in [1.82, 2.24) is 25.4 Å². The number of hydrogen-bond donors (Lipinski definition) is 3. The van der Waals surface area contributed by atoms with Crippen LogP contribution in [0.25, 0.3) is 22.3 Å². The van der Waals surface area contributed by atoms with Crippen LogP contribution in [-0.4, -0.2) is 65.4 Å². The molecule has 0 unspecified atom stereocenters. The molecule has 1 aromatic carbocycles. The fraction of sp³-hybridized carbons (Fsp3) is 0.478. The van der Waals surface area contributed by atoms with E-state index in [2.05, 4.69) is 32.3 Å². The first-order valence-corrected chi connectivity index (χ1v) is 11.0. The Morgan fingerprint density at radius 3 is 2.97 bits per heavy atom. The smallest absolute Gasteiger partial charge is 0.251 e. The molecule has 1 aliphatic carbocycles. The summed E-state index contributed by atoms with van der Waals surface area (Å²) >= 11 is 0. The van der Waals surface area contributed by atoms with Gasteiger partial charge in [0.05, 0.1) is 30.8 Å². The lowest BCUT2D eigenvalue weighted by molar-refractivity contribution is 0.0374. The zero-order chi connectivity index (χ0) is 20.5. The molecule has 2 aliphatic rings. The lowest BCUT2D eigenvalue weighted by Crippen LogP contribution is -2.38. The van der Waals surface area contributed by atoms with Gasteiger partial charge in [0.2, 0.25) is 0 Å². The van der Waals surface area contributed by atoms with Gasteiger partial charge in [-0.2, -0.15) is 5.10 Å². The average molecular weight is 408 g/mol. The summed E-state index contributed by atoms with van der Waals surface area (Å²) in [5.41, 5.74) is 7.61. The highest BCUT2D eigenvalue weighted by atomic mass is 16.5. The van der Waals surface area contributed by atoms with Crippen molar-refractivity contribution in [3.05, 3.63) is 40.6 Å². The third-order valence-electron chi connectivity index (χ3n) is 6.39. The summed E-state index contributed by atoms with van der Waals surface area (Å²) in [5, 5.41) is 11.6. The molecular formula is C23H29N5O2. The zero-order valence-electron chi connectivity index (χ0n) is 17.5. The highest BCUT2D eigenvalue weighted by Crippen LogP contribution is 2.37. The second-order valence-electron chi connectivity index (χ2n) is 8.35. The van der Waals surface area contributed by atoms with Crippen LogP contribution < -0.4 is 5.32 Å². The topological polar surface area (TPSA) is 86.0 Å². The number of nitrogens with zero attached hydrogens (tertiary/aromatic N) is 2. The predicted molar refractivity (Wildman–Crippen MR) is 117 cm³/mol. The van der Waals surface area contributed by atoms with E-state index in [1.807, 2.05) is 18.3 Å². The molecule has 0 radical (unpaired) electrons. The molecular weight excluding hydrogens is 378 g/mol. The third kappa shape index (κ3) is 3.52. The number of carbonyl (C=O) groups is 1. The first kappa shape index (κ1) is 19.3. The van der Waals surface area contributed by atoms with Crippen molar-refractivity contribution in [2.24, 2.45) is 0 Å². The molecule has 3 N–H and O–H groups in total. The standard InChI is InChI=1S/C23H29N5O2/c1-15-6-7-18(23(29)24-8-3-9-28-10-12-30-13-11-28)19-17-5-2-4-16-14-25-27-21(16)22(17)26-20(15)19/h6-7,14,26H,2-5,8-13H2,1H3,(H,24,29)(H,25,27). The van der Waals surface area contributed by atoms with Gasteiger partial charge in [0.25, 0.3) is 5.91 Å². The van der Waals surface area contributed by atoms with Gasteiger partial charge in [0.15, 0.2) is 0 Å². The van der Waals surface area contributed by atoms with E-state index in [1.165, 1.54) is 11.1 Å². The van der Waals surface area contributed by atoms with E-state index in [1.54, 1.807) is 0 Å². The van der Waals surface area contributed by atoms with Crippen LogP contribution in [0, 0.1) is 6.92 Å². The molecule has 0 bridgehead atoms. The monoisotopic (exact) mass is 407 g/mol. The summed E-state index contributed by atoms with van der Waals surface area (Å²) in [7, 11) is 0. The normalized spacial score (nSPS) is 16.8. The quantitative estimate of drug-likeness (QED) is 0.568. The van der Waals surface area contributed by atoms with Gasteiger partial charge in [0, 0.05) is 36.1 Å². The summed E-state index contributed by atoms with van der Waals surface area (Å²) < 4.78 is 5.40. The Kier molecular flexibility index (Phi) is 5.31. The molecule has 1 fully saturated rings. The maximum absolute atomic E-state index is 13.1. The first-order chi connectivity index (χ1) is 14.7. The molecule has 1 saturated heterocycles. The van der Waals surface area contributed by atoms with Crippen LogP contribution in [0.1, 0.15) is 39.9 Å². The van der Waals surface area contributed by atoms with E-state index in [4.69, 9.17) is 4.74 Å². The number of H-pyrrole nitrogens is 2. The summed E-state index contributed by atoms with van der Waals surface area (Å²) in [5.74, 6) is 0.0119. The number of ether oxygens (including phenoxy) is 1. The van der Waals surface area contributed by atoms with Gasteiger partial charge < -0.3 is 15.0 Å². The van der Waals surface area contributed by atoms with Gasteiger partial charge >= 0.3 is 0 Å². The SMILES string of the molecule is Cc1ccc(C(=O)NCCCN2CCOCC2)c2c3c([nH]c12)-c1[nH]ncc1CCC3. The highest BCUT2D eigenvalue weighted by Gasteiger charge is 2.24. The maximum Gasteiger partial charge on any atom is 0.251 e. The number of carbonyl (C=O) groups excluding carboxylic acids is 1. The van der Waals surface area contributed by atoms with E-state index in [0.717, 1.165) is 91.9 Å². The Morgan fingerprint density at radius 2 is 2.10 bits per heavy atom. The van der Waals surface area contributed by atoms with Crippen LogP contribution >= 0.6 is 0 Å². The number of aryl methyl sites for hydroxylation is 3. The molecule has 3 aromatic rings. The number of aromatic amines is 2. The third-order valence-corrected chi connectivity index (χ3v) is 6.39. The minimum Gasteiger partial charge on any atom is -0.379 e. The Balaban J connectivity index is 1.38. The Morgan fingerprint density at radius 1 is 1.23 bits per heavy atom. The van der Waals surface area contributed by atoms with E-state index in [-0.39, 0.29) is 5.91 Å². The molecule has 7 nitrogen and oxygen atoms in total. The fourth-order valence-corrected chi connectivity index (χ4v) is 4.76. The van der Waals surface area contributed by atoms with Gasteiger partial charge in [0.1, 0.15) is 0 Å². The van der Waals surface area contributed by atoms with Gasteiger partial charge in [-0.3, -0.25) is 14.8 Å². The summed E-state index contributed by atoms with van der Waals surface area (Å²) in [6.07, 6.45) is 5.89. The maximum atomic E-state index is 13.1. The number of nitrogens with one attached hydrogen (secondary N) is 3. The van der Waals surface area contributed by atoms with Crippen LogP contribution in [0.2, 0.25) is 0 Å². The number of benzene rings is 1. The summed E-state index contributed by atoms with van der Waals surface area (Å²) in [6, 6.07) is 4.01. The molecule has 7 heteroatoms. The van der Waals surface area contributed by atoms with Crippen molar-refractivity contribution in [1.29, 1.82) is 0 Å². The molecule has 0 atom stereocenters. The van der Waals surface area contributed by atoms with E-state index >= 15 is 0 Å². The second kappa shape index (κ2) is 8.24. The number of rotatable bonds is 5. The lowest BCUT2D eigenvalue weighted by Gasteiger charge is -2.26. The number of aromatic nitrogens is 3. The lowest BCUT2D eigenvalue weighted by atomic mass is 9.99. The van der Waals surface area contributed by atoms with Crippen molar-refractivity contribution in [3.8, 4) is 11.4 Å². The fourth-order valence-electron chi connectivity index (χ4n) is 4.76. The van der Waals surface area contributed by atoms with Crippen molar-refractivity contribution in [3.63, 3.8) is 0 Å². The summed E-state index contributed by atoms with van der Waals surface area (Å²) in [6.45, 7) is 7.36. The molecule has 0 saturated carbocycles. The molecule has 1 aliphatic heterocycles. The van der Waals surface area contributed by atoms with Crippen LogP contribution in [0.3, 0.4) is 0 Å². The second-order valence-corrected chi connectivity index (χ2v) is 8.35. The van der Waals surface area contributed by atoms with Crippen molar-refractivity contribution in [2.75, 3.05) is 39.4 Å². The number of amides is 1. The molecule has 1 amide bonds. The molecule has 3 heterocycles. The highest BCUT2D eigenvalue weighted by molar-refractivity contribution is 6.10.